The van der Waals surface area contributed by atoms with Crippen molar-refractivity contribution in [1.82, 2.24) is 29.7 Å². The number of carbonyl (C=O) groups excluding carboxylic acids is 1. The molecule has 0 radical (unpaired) electrons. The van der Waals surface area contributed by atoms with Crippen LogP contribution in [0, 0.1) is 5.92 Å². The minimum absolute atomic E-state index is 0.286. The number of aromatic nitrogens is 4. The Morgan fingerprint density at radius 1 is 0.739 bits per heavy atom. The van der Waals surface area contributed by atoms with Crippen molar-refractivity contribution in [3.05, 3.63) is 49.1 Å². The monoisotopic (exact) mass is 624 g/mol. The first-order valence-corrected chi connectivity index (χ1v) is 17.0. The smallest absolute Gasteiger partial charge is 0.222 e. The second kappa shape index (κ2) is 14.9. The molecule has 0 spiro atoms. The Labute approximate surface area is 272 Å². The first-order chi connectivity index (χ1) is 22.5. The van der Waals surface area contributed by atoms with Crippen LogP contribution in [-0.4, -0.2) is 108 Å². The number of hydrogen-bond donors (Lipinski definition) is 2. The number of anilines is 4. The van der Waals surface area contributed by atoms with E-state index >= 15 is 0 Å². The van der Waals surface area contributed by atoms with Crippen LogP contribution in [0.4, 0.5) is 23.0 Å². The number of nitrogens with one attached hydrogen (secondary N) is 2. The van der Waals surface area contributed by atoms with Gasteiger partial charge in [-0.15, -0.1) is 0 Å². The van der Waals surface area contributed by atoms with E-state index in [4.69, 9.17) is 0 Å². The van der Waals surface area contributed by atoms with Crippen LogP contribution in [0.2, 0.25) is 0 Å². The Morgan fingerprint density at radius 2 is 1.28 bits per heavy atom. The lowest BCUT2D eigenvalue weighted by atomic mass is 10.1. The predicted molar refractivity (Wildman–Crippen MR) is 188 cm³/mol. The molecule has 2 aliphatic heterocycles. The molecule has 0 aliphatic carbocycles. The Balaban J connectivity index is 1.02. The quantitative estimate of drug-likeness (QED) is 0.230. The molecule has 2 aromatic carbocycles. The summed E-state index contributed by atoms with van der Waals surface area (Å²) in [7, 11) is 0. The van der Waals surface area contributed by atoms with Gasteiger partial charge in [0.15, 0.2) is 0 Å². The van der Waals surface area contributed by atoms with E-state index in [2.05, 4.69) is 102 Å². The lowest BCUT2D eigenvalue weighted by molar-refractivity contribution is -0.132. The number of nitrogens with zero attached hydrogens (tertiary/aromatic N) is 8. The average molecular weight is 625 g/mol. The third-order valence-electron chi connectivity index (χ3n) is 9.17. The maximum Gasteiger partial charge on any atom is 0.222 e. The van der Waals surface area contributed by atoms with Crippen molar-refractivity contribution >= 4 is 50.7 Å². The van der Waals surface area contributed by atoms with Gasteiger partial charge >= 0.3 is 0 Å². The molecule has 4 aromatic rings. The lowest BCUT2D eigenvalue weighted by Gasteiger charge is -2.37. The van der Waals surface area contributed by atoms with E-state index in [1.165, 1.54) is 11.4 Å². The van der Waals surface area contributed by atoms with Gasteiger partial charge in [-0.25, -0.2) is 19.9 Å². The van der Waals surface area contributed by atoms with Crippen molar-refractivity contribution in [3.63, 3.8) is 0 Å². The number of rotatable bonds is 12. The fraction of sp³-hybridized carbons (Fsp3) is 0.514. The normalized spacial score (nSPS) is 16.0. The summed E-state index contributed by atoms with van der Waals surface area (Å²) < 4.78 is 0. The standard InChI is InChI=1S/C35H48N10O/c1-4-5-33(46)45-16-14-42(15-17-45)13-12-37-35-30-9-7-28(23-32(30)39-25-41-35)44-20-18-43(19-21-44)27-6-8-29-31(22-27)38-24-40-34(29)36-11-10-26(2)3/h6-9,22-26H,4-5,10-21H2,1-3H3,(H,36,38,40)(H,37,39,41). The number of carbonyl (C=O) groups is 1. The van der Waals surface area contributed by atoms with Gasteiger partial charge in [0.05, 0.1) is 11.0 Å². The first-order valence-electron chi connectivity index (χ1n) is 17.0. The molecular formula is C35H48N10O. The van der Waals surface area contributed by atoms with Crippen LogP contribution in [0.15, 0.2) is 49.1 Å². The SMILES string of the molecule is CCCC(=O)N1CCN(CCNc2ncnc3cc(N4CCN(c5ccc6c(NCCC(C)C)ncnc6c5)CC4)ccc23)CC1. The number of piperazine rings is 2. The van der Waals surface area contributed by atoms with Gasteiger partial charge in [-0.3, -0.25) is 9.69 Å². The van der Waals surface area contributed by atoms with Crippen molar-refractivity contribution in [2.75, 3.05) is 92.4 Å². The van der Waals surface area contributed by atoms with Crippen LogP contribution in [0.1, 0.15) is 40.0 Å². The van der Waals surface area contributed by atoms with Crippen molar-refractivity contribution in [1.29, 1.82) is 0 Å². The molecule has 4 heterocycles. The van der Waals surface area contributed by atoms with Gasteiger partial charge in [-0.1, -0.05) is 20.8 Å². The highest BCUT2D eigenvalue weighted by Gasteiger charge is 2.21. The molecule has 0 unspecified atom stereocenters. The Kier molecular flexibility index (Phi) is 10.3. The summed E-state index contributed by atoms with van der Waals surface area (Å²) in [5.74, 6) is 2.72. The topological polar surface area (TPSA) is 106 Å². The van der Waals surface area contributed by atoms with Gasteiger partial charge in [-0.05, 0) is 55.2 Å². The molecule has 2 N–H and O–H groups in total. The van der Waals surface area contributed by atoms with Crippen LogP contribution in [-0.2, 0) is 4.79 Å². The van der Waals surface area contributed by atoms with E-state index in [9.17, 15) is 4.79 Å². The highest BCUT2D eigenvalue weighted by atomic mass is 16.2. The minimum Gasteiger partial charge on any atom is -0.369 e. The van der Waals surface area contributed by atoms with Crippen LogP contribution in [0.3, 0.4) is 0 Å². The van der Waals surface area contributed by atoms with Crippen molar-refractivity contribution < 1.29 is 4.79 Å². The van der Waals surface area contributed by atoms with Gasteiger partial charge < -0.3 is 25.3 Å². The second-order valence-electron chi connectivity index (χ2n) is 12.8. The van der Waals surface area contributed by atoms with Crippen LogP contribution in [0.25, 0.3) is 21.8 Å². The zero-order chi connectivity index (χ0) is 31.9. The molecule has 6 rings (SSSR count). The summed E-state index contributed by atoms with van der Waals surface area (Å²) in [6.07, 6.45) is 5.98. The molecule has 11 nitrogen and oxygen atoms in total. The summed E-state index contributed by atoms with van der Waals surface area (Å²) >= 11 is 0. The number of amides is 1. The average Bonchev–Trinajstić information content (AvgIpc) is 3.08. The van der Waals surface area contributed by atoms with Gasteiger partial charge in [0.25, 0.3) is 0 Å². The summed E-state index contributed by atoms with van der Waals surface area (Å²) in [6, 6.07) is 13.1. The first kappa shape index (κ1) is 31.7. The molecule has 11 heteroatoms. The molecule has 0 bridgehead atoms. The third kappa shape index (κ3) is 7.58. The molecule has 2 saturated heterocycles. The van der Waals surface area contributed by atoms with Crippen LogP contribution >= 0.6 is 0 Å². The van der Waals surface area contributed by atoms with E-state index in [-0.39, 0.29) is 5.91 Å². The van der Waals surface area contributed by atoms with Crippen LogP contribution in [0.5, 0.6) is 0 Å². The highest BCUT2D eigenvalue weighted by Crippen LogP contribution is 2.29. The fourth-order valence-electron chi connectivity index (χ4n) is 6.39. The third-order valence-corrected chi connectivity index (χ3v) is 9.17. The molecule has 2 aliphatic rings. The van der Waals surface area contributed by atoms with Gasteiger partial charge in [-0.2, -0.15) is 0 Å². The Hall–Kier alpha value is -4.25. The molecule has 2 aromatic heterocycles. The zero-order valence-electron chi connectivity index (χ0n) is 27.6. The summed E-state index contributed by atoms with van der Waals surface area (Å²) in [6.45, 7) is 16.4. The van der Waals surface area contributed by atoms with Gasteiger partial charge in [0.1, 0.15) is 24.3 Å². The minimum atomic E-state index is 0.286. The Bertz CT molecular complexity index is 1610. The number of fused-ring (bicyclic) bond motifs is 2. The van der Waals surface area contributed by atoms with E-state index in [1.807, 2.05) is 4.90 Å². The fourth-order valence-corrected chi connectivity index (χ4v) is 6.39. The summed E-state index contributed by atoms with van der Waals surface area (Å²) in [5, 5.41) is 9.13. The zero-order valence-corrected chi connectivity index (χ0v) is 27.6. The summed E-state index contributed by atoms with van der Waals surface area (Å²) in [5.41, 5.74) is 4.32. The maximum atomic E-state index is 12.2. The van der Waals surface area contributed by atoms with E-state index in [0.29, 0.717) is 12.3 Å². The number of hydrogen-bond acceptors (Lipinski definition) is 10. The molecule has 1 amide bonds. The molecular weight excluding hydrogens is 576 g/mol. The molecule has 0 saturated carbocycles. The molecule has 46 heavy (non-hydrogen) atoms. The van der Waals surface area contributed by atoms with Crippen LogP contribution < -0.4 is 20.4 Å². The van der Waals surface area contributed by atoms with E-state index in [1.54, 1.807) is 12.7 Å². The summed E-state index contributed by atoms with van der Waals surface area (Å²) in [4.78, 5) is 39.7. The Morgan fingerprint density at radius 3 is 1.80 bits per heavy atom. The predicted octanol–water partition coefficient (Wildman–Crippen LogP) is 4.71. The second-order valence-corrected chi connectivity index (χ2v) is 12.8. The van der Waals surface area contributed by atoms with Crippen molar-refractivity contribution in [2.24, 2.45) is 5.92 Å². The highest BCUT2D eigenvalue weighted by molar-refractivity contribution is 5.92. The van der Waals surface area contributed by atoms with E-state index < -0.39 is 0 Å². The molecule has 244 valence electrons. The number of benzene rings is 2. The van der Waals surface area contributed by atoms with Gasteiger partial charge in [0, 0.05) is 101 Å². The molecule has 0 atom stereocenters. The molecule has 2 fully saturated rings. The maximum absolute atomic E-state index is 12.2. The van der Waals surface area contributed by atoms with Crippen molar-refractivity contribution in [3.8, 4) is 0 Å². The van der Waals surface area contributed by atoms with E-state index in [0.717, 1.165) is 118 Å². The van der Waals surface area contributed by atoms with Crippen molar-refractivity contribution in [2.45, 2.75) is 40.0 Å². The van der Waals surface area contributed by atoms with Gasteiger partial charge in [0.2, 0.25) is 5.91 Å². The largest absolute Gasteiger partial charge is 0.369 e. The lowest BCUT2D eigenvalue weighted by Crippen LogP contribution is -2.49.